The van der Waals surface area contributed by atoms with E-state index in [4.69, 9.17) is 5.73 Å². The maximum atomic E-state index is 11.4. The molecule has 0 spiro atoms. The molecule has 1 heterocycles. The molecule has 1 fully saturated rings. The van der Waals surface area contributed by atoms with Gasteiger partial charge in [0.1, 0.15) is 0 Å². The van der Waals surface area contributed by atoms with E-state index >= 15 is 0 Å². The number of amides is 1. The summed E-state index contributed by atoms with van der Waals surface area (Å²) in [5, 5.41) is 5.24. The molecule has 1 unspecified atom stereocenters. The van der Waals surface area contributed by atoms with Crippen molar-refractivity contribution in [2.45, 2.75) is 6.04 Å². The number of fused-ring (bicyclic) bond motifs is 1. The molecule has 1 amide bonds. The van der Waals surface area contributed by atoms with Gasteiger partial charge >= 0.3 is 0 Å². The fourth-order valence-electron chi connectivity index (χ4n) is 2.80. The van der Waals surface area contributed by atoms with Crippen molar-refractivity contribution in [1.29, 1.82) is 0 Å². The molecular formula is C16H19N3O. The minimum Gasteiger partial charge on any atom is -0.354 e. The molecule has 3 N–H and O–H groups in total. The molecule has 0 bridgehead atoms. The van der Waals surface area contributed by atoms with Crippen molar-refractivity contribution in [1.82, 2.24) is 10.2 Å². The highest BCUT2D eigenvalue weighted by molar-refractivity contribution is 5.86. The van der Waals surface area contributed by atoms with E-state index in [1.54, 1.807) is 0 Å². The summed E-state index contributed by atoms with van der Waals surface area (Å²) in [4.78, 5) is 13.5. The van der Waals surface area contributed by atoms with E-state index in [1.165, 1.54) is 10.8 Å². The Balaban J connectivity index is 1.81. The van der Waals surface area contributed by atoms with Gasteiger partial charge in [-0.1, -0.05) is 42.5 Å². The zero-order valence-electron chi connectivity index (χ0n) is 11.4. The molecule has 20 heavy (non-hydrogen) atoms. The Bertz CT molecular complexity index is 621. The Morgan fingerprint density at radius 2 is 2.00 bits per heavy atom. The third-order valence-electron chi connectivity index (χ3n) is 3.80. The lowest BCUT2D eigenvalue weighted by Crippen LogP contribution is -2.49. The predicted octanol–water partition coefficient (Wildman–Crippen LogP) is 1.27. The number of benzene rings is 2. The van der Waals surface area contributed by atoms with Gasteiger partial charge in [0.25, 0.3) is 0 Å². The number of nitrogens with one attached hydrogen (secondary N) is 1. The van der Waals surface area contributed by atoms with Gasteiger partial charge in [-0.2, -0.15) is 0 Å². The minimum atomic E-state index is -0.0769. The number of piperazine rings is 1. The van der Waals surface area contributed by atoms with Crippen LogP contribution in [0.2, 0.25) is 0 Å². The summed E-state index contributed by atoms with van der Waals surface area (Å²) in [7, 11) is 0. The molecule has 4 heteroatoms. The van der Waals surface area contributed by atoms with E-state index in [9.17, 15) is 4.79 Å². The first kappa shape index (κ1) is 13.1. The third kappa shape index (κ3) is 2.66. The molecule has 3 rings (SSSR count). The van der Waals surface area contributed by atoms with Gasteiger partial charge in [0, 0.05) is 25.7 Å². The van der Waals surface area contributed by atoms with E-state index in [1.807, 2.05) is 18.2 Å². The summed E-state index contributed by atoms with van der Waals surface area (Å²) in [6.07, 6.45) is 0. The van der Waals surface area contributed by atoms with Crippen LogP contribution in [0, 0.1) is 0 Å². The molecular weight excluding hydrogens is 250 g/mol. The molecule has 2 aromatic rings. The fraction of sp³-hybridized carbons (Fsp3) is 0.312. The molecule has 1 saturated heterocycles. The van der Waals surface area contributed by atoms with Crippen LogP contribution in [0.25, 0.3) is 10.8 Å². The molecule has 4 nitrogen and oxygen atoms in total. The topological polar surface area (TPSA) is 58.4 Å². The van der Waals surface area contributed by atoms with Crippen LogP contribution in [0.5, 0.6) is 0 Å². The second-order valence-corrected chi connectivity index (χ2v) is 5.26. The van der Waals surface area contributed by atoms with Crippen LogP contribution in [-0.2, 0) is 4.79 Å². The van der Waals surface area contributed by atoms with Gasteiger partial charge < -0.3 is 11.1 Å². The van der Waals surface area contributed by atoms with Crippen LogP contribution >= 0.6 is 0 Å². The summed E-state index contributed by atoms with van der Waals surface area (Å²) in [6.45, 7) is 2.73. The van der Waals surface area contributed by atoms with Crippen molar-refractivity contribution in [3.05, 3.63) is 48.0 Å². The maximum absolute atomic E-state index is 11.4. The van der Waals surface area contributed by atoms with E-state index in [0.29, 0.717) is 19.6 Å². The highest BCUT2D eigenvalue weighted by Gasteiger charge is 2.19. The Hall–Kier alpha value is -1.91. The first-order chi connectivity index (χ1) is 9.74. The Kier molecular flexibility index (Phi) is 3.67. The van der Waals surface area contributed by atoms with Crippen molar-refractivity contribution in [2.75, 3.05) is 26.2 Å². The summed E-state index contributed by atoms with van der Waals surface area (Å²) < 4.78 is 0. The van der Waals surface area contributed by atoms with Gasteiger partial charge in [0.15, 0.2) is 0 Å². The maximum Gasteiger partial charge on any atom is 0.234 e. The number of rotatable bonds is 3. The van der Waals surface area contributed by atoms with Gasteiger partial charge in [-0.05, 0) is 16.3 Å². The number of carbonyl (C=O) groups is 1. The highest BCUT2D eigenvalue weighted by Crippen LogP contribution is 2.23. The normalized spacial score (nSPS) is 17.9. The fourth-order valence-corrected chi connectivity index (χ4v) is 2.80. The van der Waals surface area contributed by atoms with Crippen LogP contribution < -0.4 is 11.1 Å². The van der Waals surface area contributed by atoms with Crippen molar-refractivity contribution in [2.24, 2.45) is 5.73 Å². The minimum absolute atomic E-state index is 0.0769. The van der Waals surface area contributed by atoms with Gasteiger partial charge in [-0.3, -0.25) is 9.69 Å². The van der Waals surface area contributed by atoms with Gasteiger partial charge in [0.2, 0.25) is 5.91 Å². The molecule has 1 atom stereocenters. The lowest BCUT2D eigenvalue weighted by molar-refractivity contribution is -0.124. The van der Waals surface area contributed by atoms with Crippen molar-refractivity contribution >= 4 is 16.7 Å². The average molecular weight is 269 g/mol. The first-order valence-corrected chi connectivity index (χ1v) is 6.96. The van der Waals surface area contributed by atoms with Crippen molar-refractivity contribution < 1.29 is 4.79 Å². The molecule has 1 aliphatic rings. The van der Waals surface area contributed by atoms with Crippen molar-refractivity contribution in [3.8, 4) is 0 Å². The van der Waals surface area contributed by atoms with E-state index in [-0.39, 0.29) is 11.9 Å². The Morgan fingerprint density at radius 1 is 1.20 bits per heavy atom. The quantitative estimate of drug-likeness (QED) is 0.882. The van der Waals surface area contributed by atoms with Crippen LogP contribution in [0.3, 0.4) is 0 Å². The lowest BCUT2D eigenvalue weighted by Gasteiger charge is -2.29. The predicted molar refractivity (Wildman–Crippen MR) is 80.3 cm³/mol. The van der Waals surface area contributed by atoms with E-state index < -0.39 is 0 Å². The summed E-state index contributed by atoms with van der Waals surface area (Å²) in [5.41, 5.74) is 7.51. The summed E-state index contributed by atoms with van der Waals surface area (Å²) in [5.74, 6) is 0.0846. The van der Waals surface area contributed by atoms with Gasteiger partial charge in [-0.25, -0.2) is 0 Å². The molecule has 0 aromatic heterocycles. The van der Waals surface area contributed by atoms with Crippen LogP contribution in [0.1, 0.15) is 11.6 Å². The second kappa shape index (κ2) is 5.61. The zero-order valence-corrected chi connectivity index (χ0v) is 11.4. The van der Waals surface area contributed by atoms with Gasteiger partial charge in [0.05, 0.1) is 6.54 Å². The number of nitrogens with zero attached hydrogens (tertiary/aromatic N) is 1. The summed E-state index contributed by atoms with van der Waals surface area (Å²) >= 11 is 0. The van der Waals surface area contributed by atoms with Crippen LogP contribution in [-0.4, -0.2) is 37.0 Å². The molecule has 0 radical (unpaired) electrons. The molecule has 2 aromatic carbocycles. The van der Waals surface area contributed by atoms with E-state index in [2.05, 4.69) is 34.5 Å². The van der Waals surface area contributed by atoms with Crippen LogP contribution in [0.4, 0.5) is 0 Å². The molecule has 0 aliphatic carbocycles. The van der Waals surface area contributed by atoms with Gasteiger partial charge in [-0.15, -0.1) is 0 Å². The van der Waals surface area contributed by atoms with Crippen molar-refractivity contribution in [3.63, 3.8) is 0 Å². The average Bonchev–Trinajstić information content (AvgIpc) is 2.46. The van der Waals surface area contributed by atoms with E-state index in [0.717, 1.165) is 12.1 Å². The Labute approximate surface area is 118 Å². The standard InChI is InChI=1S/C16H19N3O/c17-15(10-19-9-8-18-16(20)11-19)14-7-3-5-12-4-1-2-6-13(12)14/h1-7,15H,8-11,17H2,(H,18,20). The zero-order chi connectivity index (χ0) is 13.9. The lowest BCUT2D eigenvalue weighted by atomic mass is 9.99. The summed E-state index contributed by atoms with van der Waals surface area (Å²) in [6, 6.07) is 14.4. The second-order valence-electron chi connectivity index (χ2n) is 5.26. The third-order valence-corrected chi connectivity index (χ3v) is 3.80. The number of hydrogen-bond acceptors (Lipinski definition) is 3. The van der Waals surface area contributed by atoms with Crippen LogP contribution in [0.15, 0.2) is 42.5 Å². The number of hydrogen-bond donors (Lipinski definition) is 2. The molecule has 104 valence electrons. The first-order valence-electron chi connectivity index (χ1n) is 6.96. The monoisotopic (exact) mass is 269 g/mol. The highest BCUT2D eigenvalue weighted by atomic mass is 16.2. The Morgan fingerprint density at radius 3 is 2.85 bits per heavy atom. The SMILES string of the molecule is NC(CN1CCNC(=O)C1)c1cccc2ccccc12. The number of nitrogens with two attached hydrogens (primary N) is 1. The number of carbonyl (C=O) groups excluding carboxylic acids is 1. The molecule has 0 saturated carbocycles. The molecule has 1 aliphatic heterocycles. The largest absolute Gasteiger partial charge is 0.354 e. The smallest absolute Gasteiger partial charge is 0.234 e.